The summed E-state index contributed by atoms with van der Waals surface area (Å²) in [6, 6.07) is 23.0. The van der Waals surface area contributed by atoms with Gasteiger partial charge in [0.2, 0.25) is 5.88 Å². The third kappa shape index (κ3) is 8.37. The number of carbonyl (C=O) groups is 2. The molecule has 2 aromatic heterocycles. The molecular formula is C38H39BrF3N5O4. The van der Waals surface area contributed by atoms with E-state index in [1.165, 1.54) is 17.5 Å². The van der Waals surface area contributed by atoms with Gasteiger partial charge in [-0.15, -0.1) is 17.0 Å². The molecule has 51 heavy (non-hydrogen) atoms. The van der Waals surface area contributed by atoms with Gasteiger partial charge in [-0.3, -0.25) is 14.5 Å². The van der Waals surface area contributed by atoms with Crippen molar-refractivity contribution in [1.29, 1.82) is 0 Å². The molecule has 2 amide bonds. The Bertz CT molecular complexity index is 2010. The van der Waals surface area contributed by atoms with Gasteiger partial charge in [-0.2, -0.15) is 13.2 Å². The van der Waals surface area contributed by atoms with E-state index in [2.05, 4.69) is 22.0 Å². The van der Waals surface area contributed by atoms with E-state index in [1.807, 2.05) is 59.8 Å². The molecule has 9 nitrogen and oxygen atoms in total. The molecule has 13 heteroatoms. The second-order valence-corrected chi connectivity index (χ2v) is 12.2. The summed E-state index contributed by atoms with van der Waals surface area (Å²) in [4.78, 5) is 36.7. The molecule has 0 aliphatic carbocycles. The van der Waals surface area contributed by atoms with Crippen molar-refractivity contribution in [3.05, 3.63) is 113 Å². The number of ether oxygens (including phenoxy) is 2. The number of rotatable bonds is 9. The molecule has 0 unspecified atom stereocenters. The van der Waals surface area contributed by atoms with Crippen molar-refractivity contribution in [1.82, 2.24) is 19.4 Å². The van der Waals surface area contributed by atoms with E-state index in [0.29, 0.717) is 48.4 Å². The van der Waals surface area contributed by atoms with Gasteiger partial charge >= 0.3 is 6.18 Å². The molecule has 1 aliphatic heterocycles. The highest BCUT2D eigenvalue weighted by atomic mass is 79.9. The molecule has 0 bridgehead atoms. The van der Waals surface area contributed by atoms with E-state index < -0.39 is 17.6 Å². The lowest BCUT2D eigenvalue weighted by molar-refractivity contribution is -0.137. The standard InChI is InChI=1S/C38H38F3N5O4.BrH/c1-5-49-30-12-6-26(7-13-30)24-45-18-20-46(21-19-45)37(48)34-23-28-22-31(14-15-33(28)43(34)3)50-35-17-16-32(25(2)42-35)44(4)36(47)27-8-10-29(11-9-27)38(39,40)41;/h6-17,22-23H,5,18-21,24H2,1-4H3;1H. The first-order valence-electron chi connectivity index (χ1n) is 16.3. The number of carbonyl (C=O) groups excluding carboxylic acids is 2. The molecule has 0 saturated carbocycles. The molecule has 1 saturated heterocycles. The second-order valence-electron chi connectivity index (χ2n) is 12.2. The summed E-state index contributed by atoms with van der Waals surface area (Å²) in [7, 11) is 3.42. The number of aryl methyl sites for hydroxylation is 2. The Labute approximate surface area is 305 Å². The minimum absolute atomic E-state index is 0. The first kappa shape index (κ1) is 37.4. The zero-order valence-corrected chi connectivity index (χ0v) is 30.4. The summed E-state index contributed by atoms with van der Waals surface area (Å²) in [5.74, 6) is 1.20. The van der Waals surface area contributed by atoms with Crippen LogP contribution in [0.25, 0.3) is 10.9 Å². The number of pyridine rings is 1. The van der Waals surface area contributed by atoms with Crippen LogP contribution >= 0.6 is 17.0 Å². The van der Waals surface area contributed by atoms with Crippen molar-refractivity contribution >= 4 is 45.4 Å². The van der Waals surface area contributed by atoms with Gasteiger partial charge < -0.3 is 23.8 Å². The Kier molecular flexibility index (Phi) is 11.4. The Morgan fingerprint density at radius 3 is 2.18 bits per heavy atom. The lowest BCUT2D eigenvalue weighted by Crippen LogP contribution is -2.48. The Morgan fingerprint density at radius 2 is 1.55 bits per heavy atom. The number of hydrogen-bond acceptors (Lipinski definition) is 6. The first-order chi connectivity index (χ1) is 23.9. The third-order valence-electron chi connectivity index (χ3n) is 8.91. The molecule has 1 aliphatic rings. The fourth-order valence-corrected chi connectivity index (χ4v) is 6.15. The van der Waals surface area contributed by atoms with Crippen LogP contribution in [0.4, 0.5) is 18.9 Å². The van der Waals surface area contributed by atoms with Gasteiger partial charge in [0.05, 0.1) is 23.6 Å². The zero-order valence-electron chi connectivity index (χ0n) is 28.7. The molecule has 1 fully saturated rings. The highest BCUT2D eigenvalue weighted by molar-refractivity contribution is 8.93. The number of piperazine rings is 1. The molecule has 6 rings (SSSR count). The van der Waals surface area contributed by atoms with Crippen LogP contribution in [0.3, 0.4) is 0 Å². The highest BCUT2D eigenvalue weighted by Gasteiger charge is 2.30. The average molecular weight is 767 g/mol. The monoisotopic (exact) mass is 765 g/mol. The predicted octanol–water partition coefficient (Wildman–Crippen LogP) is 7.90. The number of nitrogens with zero attached hydrogens (tertiary/aromatic N) is 5. The highest BCUT2D eigenvalue weighted by Crippen LogP contribution is 2.31. The minimum Gasteiger partial charge on any atom is -0.494 e. The van der Waals surface area contributed by atoms with Crippen molar-refractivity contribution in [3.63, 3.8) is 0 Å². The number of amides is 2. The largest absolute Gasteiger partial charge is 0.494 e. The van der Waals surface area contributed by atoms with E-state index in [1.54, 1.807) is 19.1 Å². The predicted molar refractivity (Wildman–Crippen MR) is 195 cm³/mol. The van der Waals surface area contributed by atoms with E-state index in [0.717, 1.165) is 60.6 Å². The fraction of sp³-hybridized carbons (Fsp3) is 0.289. The molecule has 0 N–H and O–H groups in total. The summed E-state index contributed by atoms with van der Waals surface area (Å²) >= 11 is 0. The van der Waals surface area contributed by atoms with Crippen LogP contribution < -0.4 is 14.4 Å². The van der Waals surface area contributed by atoms with Crippen molar-refractivity contribution in [2.24, 2.45) is 7.05 Å². The van der Waals surface area contributed by atoms with Gasteiger partial charge in [0.25, 0.3) is 11.8 Å². The van der Waals surface area contributed by atoms with Crippen LogP contribution in [0.1, 0.15) is 44.6 Å². The van der Waals surface area contributed by atoms with E-state index in [-0.39, 0.29) is 28.5 Å². The Morgan fingerprint density at radius 1 is 0.882 bits per heavy atom. The van der Waals surface area contributed by atoms with Crippen LogP contribution in [-0.4, -0.2) is 71.0 Å². The van der Waals surface area contributed by atoms with Gasteiger partial charge in [-0.1, -0.05) is 12.1 Å². The van der Waals surface area contributed by atoms with Crippen LogP contribution in [-0.2, 0) is 19.8 Å². The van der Waals surface area contributed by atoms with E-state index in [4.69, 9.17) is 9.47 Å². The molecular weight excluding hydrogens is 727 g/mol. The summed E-state index contributed by atoms with van der Waals surface area (Å²) in [6.07, 6.45) is -4.48. The van der Waals surface area contributed by atoms with Gasteiger partial charge in [0.15, 0.2) is 0 Å². The topological polar surface area (TPSA) is 80.1 Å². The lowest BCUT2D eigenvalue weighted by atomic mass is 10.1. The molecule has 0 radical (unpaired) electrons. The van der Waals surface area contributed by atoms with Crippen molar-refractivity contribution in [2.75, 3.05) is 44.7 Å². The van der Waals surface area contributed by atoms with Crippen LogP contribution in [0.2, 0.25) is 0 Å². The number of halogens is 4. The molecule has 0 spiro atoms. The quantitative estimate of drug-likeness (QED) is 0.152. The first-order valence-corrected chi connectivity index (χ1v) is 16.3. The molecule has 3 aromatic carbocycles. The Balaban J connectivity index is 0.00000504. The number of fused-ring (bicyclic) bond motifs is 1. The zero-order chi connectivity index (χ0) is 35.6. The number of anilines is 1. The number of hydrogen-bond donors (Lipinski definition) is 0. The summed E-state index contributed by atoms with van der Waals surface area (Å²) < 4.78 is 52.3. The maximum absolute atomic E-state index is 13.6. The molecule has 3 heterocycles. The maximum Gasteiger partial charge on any atom is 0.416 e. The summed E-state index contributed by atoms with van der Waals surface area (Å²) in [5, 5.41) is 0.845. The van der Waals surface area contributed by atoms with Crippen molar-refractivity contribution < 1.29 is 32.2 Å². The third-order valence-corrected chi connectivity index (χ3v) is 8.91. The van der Waals surface area contributed by atoms with Gasteiger partial charge in [0.1, 0.15) is 17.2 Å². The van der Waals surface area contributed by atoms with Crippen LogP contribution in [0.5, 0.6) is 17.4 Å². The van der Waals surface area contributed by atoms with Gasteiger partial charge in [-0.05, 0) is 86.1 Å². The number of benzene rings is 3. The summed E-state index contributed by atoms with van der Waals surface area (Å²) in [5.41, 5.74) is 2.98. The minimum atomic E-state index is -4.48. The van der Waals surface area contributed by atoms with E-state index in [9.17, 15) is 22.8 Å². The SMILES string of the molecule is Br.CCOc1ccc(CN2CCN(C(=O)c3cc4cc(Oc5ccc(N(C)C(=O)c6ccc(C(F)(F)F)cc6)c(C)n5)ccc4n3C)CC2)cc1. The molecule has 268 valence electrons. The van der Waals surface area contributed by atoms with Gasteiger partial charge in [-0.25, -0.2) is 4.98 Å². The van der Waals surface area contributed by atoms with Crippen molar-refractivity contribution in [2.45, 2.75) is 26.6 Å². The normalized spacial score (nSPS) is 13.5. The Hall–Kier alpha value is -4.88. The van der Waals surface area contributed by atoms with E-state index >= 15 is 0 Å². The van der Waals surface area contributed by atoms with Crippen LogP contribution in [0, 0.1) is 6.92 Å². The summed E-state index contributed by atoms with van der Waals surface area (Å²) in [6.45, 7) is 7.98. The number of alkyl halides is 3. The second kappa shape index (κ2) is 15.6. The molecule has 5 aromatic rings. The van der Waals surface area contributed by atoms with Gasteiger partial charge in [0, 0.05) is 69.4 Å². The fourth-order valence-electron chi connectivity index (χ4n) is 6.15. The van der Waals surface area contributed by atoms with Crippen LogP contribution in [0.15, 0.2) is 84.9 Å². The average Bonchev–Trinajstić information content (AvgIpc) is 3.43. The molecule has 0 atom stereocenters. The number of aromatic nitrogens is 2. The van der Waals surface area contributed by atoms with Crippen molar-refractivity contribution in [3.8, 4) is 17.4 Å². The smallest absolute Gasteiger partial charge is 0.416 e. The maximum atomic E-state index is 13.6. The lowest BCUT2D eigenvalue weighted by Gasteiger charge is -2.34.